The lowest BCUT2D eigenvalue weighted by molar-refractivity contribution is 0.592. The molecule has 0 fully saturated rings. The molecule has 0 bridgehead atoms. The van der Waals surface area contributed by atoms with Gasteiger partial charge in [-0.1, -0.05) is 6.07 Å². The van der Waals surface area contributed by atoms with E-state index in [9.17, 15) is 8.42 Å². The minimum Gasteiger partial charge on any atom is -0.310 e. The van der Waals surface area contributed by atoms with Crippen LogP contribution in [0.4, 0.5) is 0 Å². The Morgan fingerprint density at radius 1 is 1.41 bits per heavy atom. The predicted molar refractivity (Wildman–Crippen MR) is 64.9 cm³/mol. The number of nitrogens with zero attached hydrogens (tertiary/aromatic N) is 2. The summed E-state index contributed by atoms with van der Waals surface area (Å²) < 4.78 is 23.3. The molecule has 0 aromatic carbocycles. The van der Waals surface area contributed by atoms with Crippen molar-refractivity contribution in [1.82, 2.24) is 14.7 Å². The van der Waals surface area contributed by atoms with E-state index in [1.165, 1.54) is 0 Å². The molecule has 92 valence electrons. The van der Waals surface area contributed by atoms with Crippen molar-refractivity contribution < 1.29 is 8.42 Å². The lowest BCUT2D eigenvalue weighted by Gasteiger charge is -2.00. The lowest BCUT2D eigenvalue weighted by Crippen LogP contribution is -2.26. The number of hydrogen-bond acceptors (Lipinski definition) is 4. The fourth-order valence-electron chi connectivity index (χ4n) is 1.50. The second-order valence-corrected chi connectivity index (χ2v) is 5.48. The molecule has 0 amide bonds. The molecule has 2 rings (SSSR count). The van der Waals surface area contributed by atoms with Gasteiger partial charge >= 0.3 is 0 Å². The predicted octanol–water partition coefficient (Wildman–Crippen LogP) is -0.288. The van der Waals surface area contributed by atoms with E-state index in [1.807, 2.05) is 35.0 Å². The number of sulfonamides is 1. The first-order valence-electron chi connectivity index (χ1n) is 5.18. The number of hydrogen-bond donors (Lipinski definition) is 2. The van der Waals surface area contributed by atoms with Crippen molar-refractivity contribution in [2.24, 2.45) is 5.14 Å². The molecule has 0 aliphatic carbocycles. The fraction of sp³-hybridized carbons (Fsp3) is 0.300. The second kappa shape index (κ2) is 4.82. The number of imidazole rings is 1. The zero-order valence-electron chi connectivity index (χ0n) is 9.20. The molecule has 7 heteroatoms. The molecule has 2 aromatic heterocycles. The first-order valence-corrected chi connectivity index (χ1v) is 6.90. The molecular weight excluding hydrogens is 240 g/mol. The minimum atomic E-state index is -3.39. The largest absolute Gasteiger partial charge is 0.310 e. The topological polar surface area (TPSA) is 89.5 Å². The summed E-state index contributed by atoms with van der Waals surface area (Å²) in [4.78, 5) is 4.37. The van der Waals surface area contributed by atoms with Gasteiger partial charge in [0.2, 0.25) is 10.0 Å². The van der Waals surface area contributed by atoms with Crippen molar-refractivity contribution in [2.45, 2.75) is 6.54 Å². The van der Waals surface area contributed by atoms with Gasteiger partial charge in [-0.3, -0.25) is 0 Å². The molecule has 2 heterocycles. The van der Waals surface area contributed by atoms with Gasteiger partial charge in [-0.15, -0.1) is 0 Å². The Morgan fingerprint density at radius 2 is 2.24 bits per heavy atom. The van der Waals surface area contributed by atoms with E-state index in [0.717, 1.165) is 11.3 Å². The SMILES string of the molecule is NS(=O)(=O)CCNCc1cn2ccccc2n1. The van der Waals surface area contributed by atoms with Crippen LogP contribution in [0, 0.1) is 0 Å². The third-order valence-electron chi connectivity index (χ3n) is 2.28. The molecule has 2 aromatic rings. The van der Waals surface area contributed by atoms with Crippen molar-refractivity contribution in [1.29, 1.82) is 0 Å². The number of rotatable bonds is 5. The number of primary sulfonamides is 1. The van der Waals surface area contributed by atoms with Crippen LogP contribution in [-0.4, -0.2) is 30.1 Å². The molecule has 0 unspecified atom stereocenters. The van der Waals surface area contributed by atoms with E-state index in [4.69, 9.17) is 5.14 Å². The molecule has 0 atom stereocenters. The number of pyridine rings is 1. The van der Waals surface area contributed by atoms with Crippen molar-refractivity contribution in [3.05, 3.63) is 36.3 Å². The normalized spacial score (nSPS) is 12.1. The van der Waals surface area contributed by atoms with Crippen LogP contribution in [0.2, 0.25) is 0 Å². The van der Waals surface area contributed by atoms with Gasteiger partial charge in [0.05, 0.1) is 11.4 Å². The number of nitrogens with one attached hydrogen (secondary N) is 1. The summed E-state index contributed by atoms with van der Waals surface area (Å²) in [6.07, 6.45) is 3.81. The van der Waals surface area contributed by atoms with Crippen molar-refractivity contribution in [3.8, 4) is 0 Å². The molecule has 0 saturated carbocycles. The molecule has 3 N–H and O–H groups in total. The smallest absolute Gasteiger partial charge is 0.210 e. The fourth-order valence-corrected chi connectivity index (χ4v) is 1.93. The average Bonchev–Trinajstić information content (AvgIpc) is 2.65. The van der Waals surface area contributed by atoms with E-state index < -0.39 is 10.0 Å². The summed E-state index contributed by atoms with van der Waals surface area (Å²) >= 11 is 0. The Balaban J connectivity index is 1.91. The van der Waals surface area contributed by atoms with E-state index in [2.05, 4.69) is 10.3 Å². The molecule has 6 nitrogen and oxygen atoms in total. The third-order valence-corrected chi connectivity index (χ3v) is 3.06. The summed E-state index contributed by atoms with van der Waals surface area (Å²) in [6.45, 7) is 0.851. The van der Waals surface area contributed by atoms with Crippen LogP contribution < -0.4 is 10.5 Å². The molecule has 0 radical (unpaired) electrons. The summed E-state index contributed by atoms with van der Waals surface area (Å²) in [5.41, 5.74) is 1.74. The molecular formula is C10H14N4O2S. The van der Waals surface area contributed by atoms with Crippen LogP contribution in [0.1, 0.15) is 5.69 Å². The van der Waals surface area contributed by atoms with Crippen LogP contribution in [-0.2, 0) is 16.6 Å². The van der Waals surface area contributed by atoms with Gasteiger partial charge in [-0.05, 0) is 12.1 Å². The van der Waals surface area contributed by atoms with Gasteiger partial charge in [0.25, 0.3) is 0 Å². The summed E-state index contributed by atoms with van der Waals surface area (Å²) in [5, 5.41) is 7.87. The Hall–Kier alpha value is -1.44. The van der Waals surface area contributed by atoms with Crippen LogP contribution in [0.3, 0.4) is 0 Å². The van der Waals surface area contributed by atoms with Gasteiger partial charge in [0.15, 0.2) is 0 Å². The van der Waals surface area contributed by atoms with Crippen molar-refractivity contribution >= 4 is 15.7 Å². The van der Waals surface area contributed by atoms with Gasteiger partial charge in [0.1, 0.15) is 5.65 Å². The summed E-state index contributed by atoms with van der Waals surface area (Å²) in [7, 11) is -3.39. The molecule has 17 heavy (non-hydrogen) atoms. The van der Waals surface area contributed by atoms with Gasteiger partial charge in [-0.2, -0.15) is 0 Å². The molecule has 0 saturated heterocycles. The van der Waals surface area contributed by atoms with Crippen LogP contribution in [0.5, 0.6) is 0 Å². The monoisotopic (exact) mass is 254 g/mol. The highest BCUT2D eigenvalue weighted by atomic mass is 32.2. The maximum atomic E-state index is 10.7. The van der Waals surface area contributed by atoms with Crippen LogP contribution in [0.15, 0.2) is 30.6 Å². The maximum Gasteiger partial charge on any atom is 0.210 e. The van der Waals surface area contributed by atoms with Gasteiger partial charge in [-0.25, -0.2) is 18.5 Å². The highest BCUT2D eigenvalue weighted by Gasteiger charge is 2.03. The highest BCUT2D eigenvalue weighted by Crippen LogP contribution is 2.03. The molecule has 0 aliphatic rings. The Labute approximate surface area is 99.5 Å². The highest BCUT2D eigenvalue weighted by molar-refractivity contribution is 7.89. The lowest BCUT2D eigenvalue weighted by atomic mass is 10.5. The second-order valence-electron chi connectivity index (χ2n) is 3.74. The van der Waals surface area contributed by atoms with E-state index in [0.29, 0.717) is 13.1 Å². The first-order chi connectivity index (χ1) is 8.04. The quantitative estimate of drug-likeness (QED) is 0.718. The Morgan fingerprint density at radius 3 is 2.94 bits per heavy atom. The number of aromatic nitrogens is 2. The summed E-state index contributed by atoms with van der Waals surface area (Å²) in [5.74, 6) is -0.0691. The maximum absolute atomic E-state index is 10.7. The zero-order valence-corrected chi connectivity index (χ0v) is 10.0. The van der Waals surface area contributed by atoms with Gasteiger partial charge < -0.3 is 9.72 Å². The van der Waals surface area contributed by atoms with Crippen molar-refractivity contribution in [3.63, 3.8) is 0 Å². The first kappa shape index (κ1) is 12.0. The Kier molecular flexibility index (Phi) is 3.41. The summed E-state index contributed by atoms with van der Waals surface area (Å²) in [6, 6.07) is 5.75. The molecule has 0 spiro atoms. The van der Waals surface area contributed by atoms with Gasteiger partial charge in [0, 0.05) is 25.5 Å². The van der Waals surface area contributed by atoms with E-state index >= 15 is 0 Å². The van der Waals surface area contributed by atoms with Crippen LogP contribution >= 0.6 is 0 Å². The number of nitrogens with two attached hydrogens (primary N) is 1. The number of fused-ring (bicyclic) bond motifs is 1. The standard InChI is InChI=1S/C10H14N4O2S/c11-17(15,16)6-4-12-7-9-8-14-5-2-1-3-10(14)13-9/h1-3,5,8,12H,4,6-7H2,(H2,11,15,16). The average molecular weight is 254 g/mol. The minimum absolute atomic E-state index is 0.0691. The van der Waals surface area contributed by atoms with Crippen LogP contribution in [0.25, 0.3) is 5.65 Å². The van der Waals surface area contributed by atoms with Crippen molar-refractivity contribution in [2.75, 3.05) is 12.3 Å². The Bertz CT molecular complexity index is 573. The van der Waals surface area contributed by atoms with E-state index in [-0.39, 0.29) is 5.75 Å². The zero-order chi connectivity index (χ0) is 12.3. The third kappa shape index (κ3) is 3.52. The molecule has 0 aliphatic heterocycles. The van der Waals surface area contributed by atoms with E-state index in [1.54, 1.807) is 0 Å².